The van der Waals surface area contributed by atoms with E-state index >= 15 is 0 Å². The van der Waals surface area contributed by atoms with Crippen molar-refractivity contribution in [3.63, 3.8) is 0 Å². The molecule has 0 atom stereocenters. The molecule has 0 saturated carbocycles. The van der Waals surface area contributed by atoms with Crippen LogP contribution in [-0.2, 0) is 31.3 Å². The Morgan fingerprint density at radius 3 is 2.43 bits per heavy atom. The van der Waals surface area contributed by atoms with E-state index in [1.165, 1.54) is 20.0 Å². The Balaban J connectivity index is 1.19. The highest BCUT2D eigenvalue weighted by Gasteiger charge is 2.22. The summed E-state index contributed by atoms with van der Waals surface area (Å²) >= 11 is 0. The summed E-state index contributed by atoms with van der Waals surface area (Å²) in [5.74, 6) is 4.07. The molecule has 3 aromatic heterocycles. The van der Waals surface area contributed by atoms with Gasteiger partial charge in [-0.1, -0.05) is 30.0 Å². The number of benzene rings is 2. The summed E-state index contributed by atoms with van der Waals surface area (Å²) < 4.78 is 36.9. The minimum absolute atomic E-state index is 0.00932. The van der Waals surface area contributed by atoms with Crippen molar-refractivity contribution in [3.05, 3.63) is 120 Å². The maximum Gasteiger partial charge on any atom is 0.278 e. The van der Waals surface area contributed by atoms with E-state index in [1.807, 2.05) is 0 Å². The van der Waals surface area contributed by atoms with Crippen molar-refractivity contribution in [3.8, 4) is 11.8 Å². The SMILES string of the molecule is Cc1c(C#CCCC(=O)c2c(C)n(C)n(Cc3ccc(F)c(F)c3)c2=O)c(=O)n(CCN)c2nc(Cc3ccc(N4CCOCC4)cc3)ncc12. The second kappa shape index (κ2) is 15.2. The molecule has 0 radical (unpaired) electrons. The Kier molecular flexibility index (Phi) is 10.5. The third kappa shape index (κ3) is 7.38. The van der Waals surface area contributed by atoms with Crippen molar-refractivity contribution in [2.45, 2.75) is 46.2 Å². The minimum Gasteiger partial charge on any atom is -0.378 e. The normalized spacial score (nSPS) is 13.0. The van der Waals surface area contributed by atoms with Crippen LogP contribution in [0.1, 0.15) is 57.0 Å². The lowest BCUT2D eigenvalue weighted by Gasteiger charge is -2.28. The number of carbonyl (C=O) groups is 1. The Labute approximate surface area is 293 Å². The van der Waals surface area contributed by atoms with Gasteiger partial charge in [0.1, 0.15) is 17.0 Å². The molecule has 1 saturated heterocycles. The molecule has 0 amide bonds. The number of ether oxygens (including phenoxy) is 1. The van der Waals surface area contributed by atoms with E-state index in [2.05, 4.69) is 46.0 Å². The zero-order chi connectivity index (χ0) is 36.2. The maximum absolute atomic E-state index is 13.8. The molecule has 0 unspecified atom stereocenters. The fourth-order valence-electron chi connectivity index (χ4n) is 6.33. The Bertz CT molecular complexity index is 2290. The zero-order valence-electron chi connectivity index (χ0n) is 28.8. The quantitative estimate of drug-likeness (QED) is 0.173. The van der Waals surface area contributed by atoms with Gasteiger partial charge in [0.05, 0.1) is 25.3 Å². The largest absolute Gasteiger partial charge is 0.378 e. The highest BCUT2D eigenvalue weighted by molar-refractivity contribution is 5.97. The third-order valence-electron chi connectivity index (χ3n) is 9.28. The summed E-state index contributed by atoms with van der Waals surface area (Å²) in [6.07, 6.45) is 2.24. The molecule has 13 heteroatoms. The maximum atomic E-state index is 13.8. The Morgan fingerprint density at radius 2 is 1.73 bits per heavy atom. The standard InChI is InChI=1S/C38H39F2N7O4/c1-24-29(6-4-5-7-33(48)35-25(2)44(3)47(38(35)50)23-27-10-13-31(39)32(40)20-27)37(49)46(15-14-41)36-30(24)22-42-34(43-36)21-26-8-11-28(12-9-26)45-16-18-51-19-17-45/h8-13,20,22H,5,7,14-19,21,23,41H2,1-3H3. The molecule has 2 N–H and O–H groups in total. The molecule has 0 spiro atoms. The first-order valence-electron chi connectivity index (χ1n) is 16.8. The van der Waals surface area contributed by atoms with Crippen LogP contribution >= 0.6 is 0 Å². The van der Waals surface area contributed by atoms with Crippen molar-refractivity contribution in [1.82, 2.24) is 23.9 Å². The summed E-state index contributed by atoms with van der Waals surface area (Å²) in [5.41, 5.74) is 9.43. The molecule has 0 bridgehead atoms. The number of morpholine rings is 1. The number of Topliss-reactive ketones (excluding diaryl/α,β-unsaturated/α-hetero) is 1. The second-order valence-corrected chi connectivity index (χ2v) is 12.5. The van der Waals surface area contributed by atoms with Crippen LogP contribution in [0.2, 0.25) is 0 Å². The van der Waals surface area contributed by atoms with Crippen molar-refractivity contribution in [2.24, 2.45) is 12.8 Å². The average molecular weight is 696 g/mol. The van der Waals surface area contributed by atoms with Gasteiger partial charge in [-0.05, 0) is 54.8 Å². The van der Waals surface area contributed by atoms with Crippen molar-refractivity contribution < 1.29 is 18.3 Å². The minimum atomic E-state index is -1.02. The van der Waals surface area contributed by atoms with Gasteiger partial charge in [0.15, 0.2) is 17.4 Å². The van der Waals surface area contributed by atoms with E-state index in [1.54, 1.807) is 27.1 Å². The summed E-state index contributed by atoms with van der Waals surface area (Å²) in [4.78, 5) is 51.8. The first kappa shape index (κ1) is 35.4. The van der Waals surface area contributed by atoms with Crippen LogP contribution in [-0.4, -0.2) is 62.5 Å². The zero-order valence-corrected chi connectivity index (χ0v) is 28.8. The number of hydrogen-bond donors (Lipinski definition) is 1. The monoisotopic (exact) mass is 695 g/mol. The van der Waals surface area contributed by atoms with E-state index in [-0.39, 0.29) is 49.2 Å². The number of nitrogens with two attached hydrogens (primary N) is 1. The van der Waals surface area contributed by atoms with Crippen molar-refractivity contribution in [1.29, 1.82) is 0 Å². The average Bonchev–Trinajstić information content (AvgIpc) is 3.34. The molecule has 1 fully saturated rings. The predicted octanol–water partition coefficient (Wildman–Crippen LogP) is 3.64. The lowest BCUT2D eigenvalue weighted by atomic mass is 10.1. The third-order valence-corrected chi connectivity index (χ3v) is 9.28. The van der Waals surface area contributed by atoms with Crippen LogP contribution in [0.15, 0.2) is 58.3 Å². The number of rotatable bonds is 10. The molecule has 6 rings (SSSR count). The van der Waals surface area contributed by atoms with Crippen molar-refractivity contribution in [2.75, 3.05) is 37.7 Å². The van der Waals surface area contributed by atoms with Gasteiger partial charge >= 0.3 is 0 Å². The topological polar surface area (TPSA) is 130 Å². The molecule has 1 aliphatic rings. The molecule has 4 heterocycles. The number of hydrogen-bond acceptors (Lipinski definition) is 8. The van der Waals surface area contributed by atoms with Gasteiger partial charge in [-0.2, -0.15) is 0 Å². The summed E-state index contributed by atoms with van der Waals surface area (Å²) in [5, 5.41) is 0.677. The Morgan fingerprint density at radius 1 is 1.00 bits per heavy atom. The molecule has 51 heavy (non-hydrogen) atoms. The van der Waals surface area contributed by atoms with Crippen LogP contribution in [0.4, 0.5) is 14.5 Å². The van der Waals surface area contributed by atoms with Gasteiger partial charge in [-0.15, -0.1) is 0 Å². The molecular formula is C38H39F2N7O4. The molecule has 5 aromatic rings. The molecular weight excluding hydrogens is 656 g/mol. The number of ketones is 1. The number of pyridine rings is 1. The number of fused-ring (bicyclic) bond motifs is 1. The van der Waals surface area contributed by atoms with Gasteiger partial charge in [-0.3, -0.25) is 23.6 Å². The predicted molar refractivity (Wildman–Crippen MR) is 190 cm³/mol. The van der Waals surface area contributed by atoms with E-state index < -0.39 is 23.0 Å². The van der Waals surface area contributed by atoms with Crippen LogP contribution in [0.5, 0.6) is 0 Å². The summed E-state index contributed by atoms with van der Waals surface area (Å²) in [7, 11) is 1.62. The number of anilines is 1. The highest BCUT2D eigenvalue weighted by Crippen LogP contribution is 2.21. The Hall–Kier alpha value is -5.45. The van der Waals surface area contributed by atoms with Gasteiger partial charge in [0.2, 0.25) is 0 Å². The number of halogens is 2. The van der Waals surface area contributed by atoms with Crippen LogP contribution in [0, 0.1) is 37.3 Å². The number of aromatic nitrogens is 5. The van der Waals surface area contributed by atoms with Gasteiger partial charge in [0, 0.05) is 75.5 Å². The molecule has 0 aliphatic carbocycles. The molecule has 1 aliphatic heterocycles. The number of carbonyl (C=O) groups excluding carboxylic acids is 1. The van der Waals surface area contributed by atoms with E-state index in [4.69, 9.17) is 15.5 Å². The second-order valence-electron chi connectivity index (χ2n) is 12.5. The molecule has 264 valence electrons. The van der Waals surface area contributed by atoms with Crippen LogP contribution < -0.4 is 21.8 Å². The fourth-order valence-corrected chi connectivity index (χ4v) is 6.33. The van der Waals surface area contributed by atoms with Crippen molar-refractivity contribution >= 4 is 22.5 Å². The first-order valence-corrected chi connectivity index (χ1v) is 16.8. The molecule has 2 aromatic carbocycles. The summed E-state index contributed by atoms with van der Waals surface area (Å²) in [6, 6.07) is 11.7. The number of nitrogens with zero attached hydrogens (tertiary/aromatic N) is 6. The molecule has 11 nitrogen and oxygen atoms in total. The van der Waals surface area contributed by atoms with E-state index in [0.717, 1.165) is 36.5 Å². The lowest BCUT2D eigenvalue weighted by molar-refractivity contribution is 0.0982. The van der Waals surface area contributed by atoms with Crippen LogP contribution in [0.3, 0.4) is 0 Å². The highest BCUT2D eigenvalue weighted by atomic mass is 19.2. The first-order chi connectivity index (χ1) is 24.6. The van der Waals surface area contributed by atoms with Gasteiger partial charge < -0.3 is 15.4 Å². The summed E-state index contributed by atoms with van der Waals surface area (Å²) in [6.45, 7) is 7.00. The number of aryl methyl sites for hydroxylation is 1. The van der Waals surface area contributed by atoms with E-state index in [9.17, 15) is 23.2 Å². The van der Waals surface area contributed by atoms with E-state index in [0.29, 0.717) is 53.3 Å². The van der Waals surface area contributed by atoms with Gasteiger partial charge in [0.25, 0.3) is 11.1 Å². The van der Waals surface area contributed by atoms with Gasteiger partial charge in [-0.25, -0.2) is 23.4 Å². The smallest absolute Gasteiger partial charge is 0.278 e. The fraction of sp³-hybridized carbons (Fsp3) is 0.342. The lowest BCUT2D eigenvalue weighted by Crippen LogP contribution is -2.36. The van der Waals surface area contributed by atoms with Crippen LogP contribution in [0.25, 0.3) is 11.0 Å².